The summed E-state index contributed by atoms with van der Waals surface area (Å²) in [5, 5.41) is 20.9. The van der Waals surface area contributed by atoms with Crippen LogP contribution in [0.25, 0.3) is 22.0 Å². The smallest absolute Gasteiger partial charge is 0.356 e. The van der Waals surface area contributed by atoms with Crippen LogP contribution < -0.4 is 0 Å². The van der Waals surface area contributed by atoms with Gasteiger partial charge in [-0.2, -0.15) is 0 Å². The number of nitrogens with zero attached hydrogens (tertiary/aromatic N) is 2. The molecule has 0 spiro atoms. The van der Waals surface area contributed by atoms with Crippen LogP contribution in [0.15, 0.2) is 42.5 Å². The molecular weight excluding hydrogens is 230 g/mol. The van der Waals surface area contributed by atoms with Gasteiger partial charge in [0.15, 0.2) is 5.69 Å². The summed E-state index contributed by atoms with van der Waals surface area (Å²) in [6.07, 6.45) is 0. The molecule has 18 heavy (non-hydrogen) atoms. The topological polar surface area (TPSA) is 78.9 Å². The number of benzene rings is 2. The standard InChI is InChI=1S/C13H9N3O2/c17-13(18)12-11(14-16-15-12)10-6-5-8-3-1-2-4-9(8)7-10/h1-7H,(H,17,18)(H,14,15,16). The summed E-state index contributed by atoms with van der Waals surface area (Å²) < 4.78 is 0. The summed E-state index contributed by atoms with van der Waals surface area (Å²) in [5.74, 6) is -1.07. The Morgan fingerprint density at radius 2 is 1.89 bits per heavy atom. The largest absolute Gasteiger partial charge is 0.476 e. The van der Waals surface area contributed by atoms with Gasteiger partial charge in [-0.1, -0.05) is 41.6 Å². The van der Waals surface area contributed by atoms with Crippen molar-refractivity contribution in [2.45, 2.75) is 0 Å². The van der Waals surface area contributed by atoms with E-state index in [1.165, 1.54) is 0 Å². The zero-order valence-corrected chi connectivity index (χ0v) is 9.29. The molecule has 0 bridgehead atoms. The van der Waals surface area contributed by atoms with Crippen LogP contribution in [-0.4, -0.2) is 26.5 Å². The van der Waals surface area contributed by atoms with Crippen molar-refractivity contribution < 1.29 is 9.90 Å². The second kappa shape index (κ2) is 3.96. The van der Waals surface area contributed by atoms with E-state index in [4.69, 9.17) is 5.11 Å². The highest BCUT2D eigenvalue weighted by Gasteiger charge is 2.15. The van der Waals surface area contributed by atoms with Crippen molar-refractivity contribution in [2.75, 3.05) is 0 Å². The normalized spacial score (nSPS) is 10.7. The second-order valence-corrected chi connectivity index (χ2v) is 3.90. The molecule has 3 rings (SSSR count). The van der Waals surface area contributed by atoms with Crippen molar-refractivity contribution in [1.29, 1.82) is 0 Å². The zero-order chi connectivity index (χ0) is 12.5. The second-order valence-electron chi connectivity index (χ2n) is 3.90. The molecule has 5 heteroatoms. The first-order valence-corrected chi connectivity index (χ1v) is 5.39. The molecule has 3 aromatic rings. The maximum Gasteiger partial charge on any atom is 0.356 e. The fourth-order valence-corrected chi connectivity index (χ4v) is 1.92. The fourth-order valence-electron chi connectivity index (χ4n) is 1.92. The molecule has 0 atom stereocenters. The van der Waals surface area contributed by atoms with E-state index in [0.29, 0.717) is 5.69 Å². The molecule has 1 aromatic heterocycles. The van der Waals surface area contributed by atoms with E-state index in [1.54, 1.807) is 0 Å². The summed E-state index contributed by atoms with van der Waals surface area (Å²) in [4.78, 5) is 11.0. The van der Waals surface area contributed by atoms with E-state index in [0.717, 1.165) is 16.3 Å². The zero-order valence-electron chi connectivity index (χ0n) is 9.29. The van der Waals surface area contributed by atoms with E-state index in [9.17, 15) is 4.79 Å². The first kappa shape index (κ1) is 10.5. The van der Waals surface area contributed by atoms with Crippen molar-refractivity contribution in [2.24, 2.45) is 0 Å². The van der Waals surface area contributed by atoms with E-state index in [1.807, 2.05) is 42.5 Å². The molecule has 0 saturated heterocycles. The number of hydrogen-bond donors (Lipinski definition) is 2. The Kier molecular flexibility index (Phi) is 2.30. The molecule has 2 N–H and O–H groups in total. The lowest BCUT2D eigenvalue weighted by molar-refractivity contribution is 0.0691. The van der Waals surface area contributed by atoms with Crippen LogP contribution in [0.4, 0.5) is 0 Å². The summed E-state index contributed by atoms with van der Waals surface area (Å²) in [7, 11) is 0. The van der Waals surface area contributed by atoms with Crippen molar-refractivity contribution in [3.63, 3.8) is 0 Å². The van der Waals surface area contributed by atoms with Crippen LogP contribution in [0.1, 0.15) is 10.5 Å². The van der Waals surface area contributed by atoms with Gasteiger partial charge < -0.3 is 5.11 Å². The van der Waals surface area contributed by atoms with Crippen LogP contribution in [-0.2, 0) is 0 Å². The monoisotopic (exact) mass is 239 g/mol. The Bertz CT molecular complexity index is 734. The van der Waals surface area contributed by atoms with E-state index < -0.39 is 5.97 Å². The molecule has 0 aliphatic heterocycles. The number of aromatic amines is 1. The van der Waals surface area contributed by atoms with Gasteiger partial charge in [0.2, 0.25) is 0 Å². The molecule has 2 aromatic carbocycles. The van der Waals surface area contributed by atoms with Gasteiger partial charge >= 0.3 is 5.97 Å². The Hall–Kier alpha value is -2.69. The predicted octanol–water partition coefficient (Wildman–Crippen LogP) is 2.32. The quantitative estimate of drug-likeness (QED) is 0.719. The lowest BCUT2D eigenvalue weighted by atomic mass is 10.0. The van der Waals surface area contributed by atoms with Gasteiger partial charge in [-0.25, -0.2) is 4.79 Å². The molecule has 1 heterocycles. The highest BCUT2D eigenvalue weighted by Crippen LogP contribution is 2.24. The number of H-pyrrole nitrogens is 1. The average Bonchev–Trinajstić information content (AvgIpc) is 2.87. The highest BCUT2D eigenvalue weighted by molar-refractivity contribution is 5.94. The summed E-state index contributed by atoms with van der Waals surface area (Å²) in [6, 6.07) is 13.5. The number of fused-ring (bicyclic) bond motifs is 1. The number of aromatic carboxylic acids is 1. The molecule has 0 aliphatic carbocycles. The molecule has 0 amide bonds. The Morgan fingerprint density at radius 1 is 1.11 bits per heavy atom. The maximum absolute atomic E-state index is 11.0. The molecule has 0 aliphatic rings. The summed E-state index contributed by atoms with van der Waals surface area (Å²) in [5.41, 5.74) is 1.10. The lowest BCUT2D eigenvalue weighted by Gasteiger charge is -2.01. The minimum absolute atomic E-state index is 0.00489. The SMILES string of the molecule is O=C(O)c1[nH]nnc1-c1ccc2ccccc2c1. The Morgan fingerprint density at radius 3 is 2.67 bits per heavy atom. The van der Waals surface area contributed by atoms with E-state index >= 15 is 0 Å². The molecule has 0 unspecified atom stereocenters. The Labute approximate surface area is 102 Å². The molecule has 5 nitrogen and oxygen atoms in total. The van der Waals surface area contributed by atoms with Gasteiger partial charge in [0, 0.05) is 5.56 Å². The number of rotatable bonds is 2. The third-order valence-corrected chi connectivity index (χ3v) is 2.79. The highest BCUT2D eigenvalue weighted by atomic mass is 16.4. The maximum atomic E-state index is 11.0. The fraction of sp³-hybridized carbons (Fsp3) is 0. The molecule has 0 radical (unpaired) electrons. The van der Waals surface area contributed by atoms with Crippen molar-refractivity contribution >= 4 is 16.7 Å². The number of aromatic nitrogens is 3. The van der Waals surface area contributed by atoms with Gasteiger partial charge in [-0.15, -0.1) is 5.10 Å². The number of hydrogen-bond acceptors (Lipinski definition) is 3. The van der Waals surface area contributed by atoms with Gasteiger partial charge in [0.05, 0.1) is 0 Å². The van der Waals surface area contributed by atoms with Gasteiger partial charge in [-0.3, -0.25) is 5.10 Å². The third kappa shape index (κ3) is 1.62. The number of carboxylic acid groups (broad SMARTS) is 1. The van der Waals surface area contributed by atoms with E-state index in [2.05, 4.69) is 15.4 Å². The van der Waals surface area contributed by atoms with Gasteiger partial charge in [0.1, 0.15) is 5.69 Å². The Balaban J connectivity index is 2.19. The van der Waals surface area contributed by atoms with Crippen LogP contribution in [0.2, 0.25) is 0 Å². The predicted molar refractivity (Wildman–Crippen MR) is 66.3 cm³/mol. The van der Waals surface area contributed by atoms with Gasteiger partial charge in [0.25, 0.3) is 0 Å². The first-order chi connectivity index (χ1) is 8.75. The van der Waals surface area contributed by atoms with Crippen LogP contribution >= 0.6 is 0 Å². The number of nitrogens with one attached hydrogen (secondary N) is 1. The van der Waals surface area contributed by atoms with Crippen molar-refractivity contribution in [1.82, 2.24) is 15.4 Å². The van der Waals surface area contributed by atoms with E-state index in [-0.39, 0.29) is 5.69 Å². The molecule has 88 valence electrons. The third-order valence-electron chi connectivity index (χ3n) is 2.79. The van der Waals surface area contributed by atoms with Crippen LogP contribution in [0, 0.1) is 0 Å². The van der Waals surface area contributed by atoms with Gasteiger partial charge in [-0.05, 0) is 16.8 Å². The first-order valence-electron chi connectivity index (χ1n) is 5.39. The van der Waals surface area contributed by atoms with Crippen molar-refractivity contribution in [3.8, 4) is 11.3 Å². The van der Waals surface area contributed by atoms with Crippen molar-refractivity contribution in [3.05, 3.63) is 48.2 Å². The molecule has 0 saturated carbocycles. The minimum atomic E-state index is -1.07. The lowest BCUT2D eigenvalue weighted by Crippen LogP contribution is -1.99. The minimum Gasteiger partial charge on any atom is -0.476 e. The summed E-state index contributed by atoms with van der Waals surface area (Å²) in [6.45, 7) is 0. The number of carboxylic acids is 1. The van der Waals surface area contributed by atoms with Crippen LogP contribution in [0.5, 0.6) is 0 Å². The summed E-state index contributed by atoms with van der Waals surface area (Å²) >= 11 is 0. The average molecular weight is 239 g/mol. The van der Waals surface area contributed by atoms with Crippen LogP contribution in [0.3, 0.4) is 0 Å². The molecule has 0 fully saturated rings. The molecular formula is C13H9N3O2. The number of carbonyl (C=O) groups is 1.